The van der Waals surface area contributed by atoms with Gasteiger partial charge in [-0.3, -0.25) is 4.99 Å². The number of rotatable bonds is 0. The van der Waals surface area contributed by atoms with Gasteiger partial charge in [0.15, 0.2) is 6.40 Å². The topological polar surface area (TPSA) is 56.6 Å². The predicted molar refractivity (Wildman–Crippen MR) is 35.4 cm³/mol. The molecular formula is C3H11N2OP. The second-order valence-electron chi connectivity index (χ2n) is 0.882. The summed E-state index contributed by atoms with van der Waals surface area (Å²) in [6, 6.07) is 0. The third kappa shape index (κ3) is 3.70. The van der Waals surface area contributed by atoms with Crippen LogP contribution in [0.3, 0.4) is 0 Å². The molecule has 3 nitrogen and oxygen atoms in total. The van der Waals surface area contributed by atoms with Crippen molar-refractivity contribution in [3.63, 3.8) is 0 Å². The Morgan fingerprint density at radius 1 is 1.57 bits per heavy atom. The van der Waals surface area contributed by atoms with Gasteiger partial charge in [0.25, 0.3) is 0 Å². The fourth-order valence-electron chi connectivity index (χ4n) is 0.264. The molecule has 0 aliphatic carbocycles. The largest absolute Gasteiger partial charge is 0.482 e. The summed E-state index contributed by atoms with van der Waals surface area (Å²) in [4.78, 5) is 3.74. The van der Waals surface area contributed by atoms with E-state index in [-0.39, 0.29) is 16.0 Å². The summed E-state index contributed by atoms with van der Waals surface area (Å²) in [6.45, 7) is 1.62. The molecule has 1 aliphatic heterocycles. The third-order valence-electron chi connectivity index (χ3n) is 0.487. The molecule has 1 rings (SSSR count). The number of hydrogen-bond acceptors (Lipinski definition) is 3. The first-order valence-corrected chi connectivity index (χ1v) is 1.60. The number of nitrogens with zero attached hydrogens (tertiary/aromatic N) is 1. The number of ether oxygens (including phenoxy) is 1. The van der Waals surface area contributed by atoms with E-state index in [1.54, 1.807) is 0 Å². The highest BCUT2D eigenvalue weighted by molar-refractivity contribution is 6.92. The van der Waals surface area contributed by atoms with Crippen molar-refractivity contribution in [2.75, 3.05) is 13.2 Å². The summed E-state index contributed by atoms with van der Waals surface area (Å²) in [7, 11) is 0. The van der Waals surface area contributed by atoms with Crippen LogP contribution in [-0.4, -0.2) is 19.6 Å². The maximum absolute atomic E-state index is 4.65. The van der Waals surface area contributed by atoms with Gasteiger partial charge < -0.3 is 10.9 Å². The standard InChI is InChI=1S/C3H5NO.H3N.H3P/c1-2-5-3-4-1;;/h3H,1-2H2;2*1H3. The lowest BCUT2D eigenvalue weighted by molar-refractivity contribution is 0.361. The Hall–Kier alpha value is -0.140. The van der Waals surface area contributed by atoms with Crippen LogP contribution in [0.1, 0.15) is 0 Å². The molecular weight excluding hydrogens is 111 g/mol. The van der Waals surface area contributed by atoms with Gasteiger partial charge in [-0.2, -0.15) is 9.90 Å². The lowest BCUT2D eigenvalue weighted by atomic mass is 10.8. The van der Waals surface area contributed by atoms with Gasteiger partial charge in [-0.1, -0.05) is 0 Å². The third-order valence-corrected chi connectivity index (χ3v) is 0.487. The van der Waals surface area contributed by atoms with E-state index in [2.05, 4.69) is 9.73 Å². The zero-order chi connectivity index (χ0) is 3.54. The normalized spacial score (nSPS) is 13.7. The van der Waals surface area contributed by atoms with Crippen LogP contribution in [0.2, 0.25) is 0 Å². The molecule has 0 aromatic heterocycles. The van der Waals surface area contributed by atoms with Gasteiger partial charge in [-0.25, -0.2) is 0 Å². The lowest BCUT2D eigenvalue weighted by Gasteiger charge is -1.76. The molecule has 0 spiro atoms. The zero-order valence-corrected chi connectivity index (χ0v) is 5.68. The predicted octanol–water partition coefficient (Wildman–Crippen LogP) is 0.265. The van der Waals surface area contributed by atoms with Crippen molar-refractivity contribution in [1.82, 2.24) is 6.15 Å². The van der Waals surface area contributed by atoms with Crippen LogP contribution >= 0.6 is 9.90 Å². The highest BCUT2D eigenvalue weighted by Gasteiger charge is 1.84. The first-order valence-electron chi connectivity index (χ1n) is 1.60. The smallest absolute Gasteiger partial charge is 0.169 e. The van der Waals surface area contributed by atoms with Gasteiger partial charge in [0.05, 0.1) is 6.54 Å². The average Bonchev–Trinajstić information content (AvgIpc) is 1.76. The van der Waals surface area contributed by atoms with Crippen molar-refractivity contribution < 1.29 is 4.74 Å². The van der Waals surface area contributed by atoms with Gasteiger partial charge >= 0.3 is 0 Å². The van der Waals surface area contributed by atoms with E-state index < -0.39 is 0 Å². The summed E-state index contributed by atoms with van der Waals surface area (Å²) >= 11 is 0. The molecule has 1 unspecified atom stereocenters. The van der Waals surface area contributed by atoms with E-state index in [0.29, 0.717) is 0 Å². The highest BCUT2D eigenvalue weighted by atomic mass is 31.0. The number of aliphatic imine (C=N–C) groups is 1. The van der Waals surface area contributed by atoms with Gasteiger partial charge in [-0.05, 0) is 0 Å². The summed E-state index contributed by atoms with van der Waals surface area (Å²) in [5, 5.41) is 0. The van der Waals surface area contributed by atoms with Crippen LogP contribution in [0.15, 0.2) is 4.99 Å². The Morgan fingerprint density at radius 3 is 2.43 bits per heavy atom. The Balaban J connectivity index is 0. The maximum Gasteiger partial charge on any atom is 0.169 e. The molecule has 1 heterocycles. The molecule has 0 saturated carbocycles. The van der Waals surface area contributed by atoms with Crippen LogP contribution in [-0.2, 0) is 4.74 Å². The van der Waals surface area contributed by atoms with E-state index >= 15 is 0 Å². The Kier molecular flexibility index (Phi) is 8.35. The Bertz CT molecular complexity index is 50.9. The Morgan fingerprint density at radius 2 is 2.29 bits per heavy atom. The summed E-state index contributed by atoms with van der Waals surface area (Å²) < 4.78 is 4.65. The van der Waals surface area contributed by atoms with Crippen LogP contribution < -0.4 is 6.15 Å². The van der Waals surface area contributed by atoms with E-state index in [9.17, 15) is 0 Å². The van der Waals surface area contributed by atoms with Crippen molar-refractivity contribution in [1.29, 1.82) is 0 Å². The SMILES string of the molecule is C1=NCCO1.N.P. The van der Waals surface area contributed by atoms with Crippen molar-refractivity contribution in [2.45, 2.75) is 0 Å². The molecule has 0 amide bonds. The second-order valence-corrected chi connectivity index (χ2v) is 0.882. The van der Waals surface area contributed by atoms with E-state index in [1.807, 2.05) is 0 Å². The zero-order valence-electron chi connectivity index (χ0n) is 4.26. The molecule has 0 aromatic rings. The van der Waals surface area contributed by atoms with Gasteiger partial charge in [-0.15, -0.1) is 0 Å². The molecule has 0 fully saturated rings. The van der Waals surface area contributed by atoms with Crippen LogP contribution in [0.4, 0.5) is 0 Å². The minimum atomic E-state index is 0. The van der Waals surface area contributed by atoms with Gasteiger partial charge in [0.1, 0.15) is 6.61 Å². The summed E-state index contributed by atoms with van der Waals surface area (Å²) in [5.74, 6) is 0. The summed E-state index contributed by atoms with van der Waals surface area (Å²) in [6.07, 6.45) is 1.49. The fourth-order valence-corrected chi connectivity index (χ4v) is 0.264. The molecule has 44 valence electrons. The van der Waals surface area contributed by atoms with Crippen LogP contribution in [0, 0.1) is 0 Å². The average molecular weight is 122 g/mol. The van der Waals surface area contributed by atoms with E-state index in [4.69, 9.17) is 0 Å². The fraction of sp³-hybridized carbons (Fsp3) is 0.667. The second kappa shape index (κ2) is 5.86. The lowest BCUT2D eigenvalue weighted by Crippen LogP contribution is -1.80. The minimum absolute atomic E-state index is 0. The molecule has 1 atom stereocenters. The molecule has 0 aromatic carbocycles. The quantitative estimate of drug-likeness (QED) is 0.468. The number of hydrogen-bond donors (Lipinski definition) is 1. The molecule has 0 radical (unpaired) electrons. The maximum atomic E-state index is 4.65. The molecule has 3 N–H and O–H groups in total. The molecule has 0 bridgehead atoms. The molecule has 7 heavy (non-hydrogen) atoms. The summed E-state index contributed by atoms with van der Waals surface area (Å²) in [5.41, 5.74) is 0. The van der Waals surface area contributed by atoms with Crippen LogP contribution in [0.5, 0.6) is 0 Å². The van der Waals surface area contributed by atoms with Crippen molar-refractivity contribution in [3.05, 3.63) is 0 Å². The van der Waals surface area contributed by atoms with Crippen molar-refractivity contribution in [3.8, 4) is 0 Å². The molecule has 1 aliphatic rings. The van der Waals surface area contributed by atoms with Gasteiger partial charge in [0, 0.05) is 0 Å². The first-order chi connectivity index (χ1) is 2.50. The van der Waals surface area contributed by atoms with Crippen molar-refractivity contribution >= 4 is 16.3 Å². The van der Waals surface area contributed by atoms with Crippen LogP contribution in [0.25, 0.3) is 0 Å². The highest BCUT2D eigenvalue weighted by Crippen LogP contribution is 1.78. The molecule has 4 heteroatoms. The monoisotopic (exact) mass is 122 g/mol. The van der Waals surface area contributed by atoms with Crippen molar-refractivity contribution in [2.24, 2.45) is 4.99 Å². The van der Waals surface area contributed by atoms with E-state index in [1.165, 1.54) is 6.40 Å². The minimum Gasteiger partial charge on any atom is -0.482 e. The van der Waals surface area contributed by atoms with Gasteiger partial charge in [0.2, 0.25) is 0 Å². The Labute approximate surface area is 46.4 Å². The molecule has 0 saturated heterocycles. The first kappa shape index (κ1) is 9.97. The van der Waals surface area contributed by atoms with E-state index in [0.717, 1.165) is 13.2 Å².